The van der Waals surface area contributed by atoms with Crippen molar-refractivity contribution in [2.75, 3.05) is 0 Å². The van der Waals surface area contributed by atoms with E-state index in [0.717, 1.165) is 6.07 Å². The lowest BCUT2D eigenvalue weighted by molar-refractivity contribution is 0.0972. The van der Waals surface area contributed by atoms with Crippen molar-refractivity contribution in [3.05, 3.63) is 34.6 Å². The van der Waals surface area contributed by atoms with Crippen LogP contribution in [0.15, 0.2) is 18.2 Å². The maximum Gasteiger partial charge on any atom is 0.164 e. The van der Waals surface area contributed by atoms with Gasteiger partial charge in [0.05, 0.1) is 5.02 Å². The summed E-state index contributed by atoms with van der Waals surface area (Å²) in [6.07, 6.45) is 0.811. The Morgan fingerprint density at radius 1 is 1.50 bits per heavy atom. The minimum Gasteiger partial charge on any atom is -0.326 e. The van der Waals surface area contributed by atoms with Crippen LogP contribution >= 0.6 is 11.6 Å². The predicted octanol–water partition coefficient (Wildman–Crippen LogP) is 3.18. The van der Waals surface area contributed by atoms with Gasteiger partial charge in [0.25, 0.3) is 0 Å². The van der Waals surface area contributed by atoms with Crippen LogP contribution in [0.2, 0.25) is 5.02 Å². The van der Waals surface area contributed by atoms with E-state index in [0.29, 0.717) is 6.42 Å². The Bertz CT molecular complexity index is 398. The van der Waals surface area contributed by atoms with Gasteiger partial charge in [-0.1, -0.05) is 11.6 Å². The van der Waals surface area contributed by atoms with Gasteiger partial charge in [0.2, 0.25) is 0 Å². The average Bonchev–Trinajstić information content (AvgIpc) is 2.17. The van der Waals surface area contributed by atoms with E-state index in [1.807, 2.05) is 13.8 Å². The Hall–Kier alpha value is -0.930. The standard InChI is InChI=1S/C12H15ClFNO/c1-12(2,15)6-5-11(16)9-7-8(14)3-4-10(9)13/h3-4,7H,5-6,15H2,1-2H3. The number of nitrogens with two attached hydrogens (primary N) is 1. The number of halogens is 2. The highest BCUT2D eigenvalue weighted by molar-refractivity contribution is 6.33. The van der Waals surface area contributed by atoms with E-state index >= 15 is 0 Å². The second-order valence-corrected chi connectivity index (χ2v) is 4.94. The lowest BCUT2D eigenvalue weighted by atomic mass is 9.96. The summed E-state index contributed by atoms with van der Waals surface area (Å²) in [6, 6.07) is 3.78. The molecule has 1 rings (SSSR count). The van der Waals surface area contributed by atoms with E-state index in [1.54, 1.807) is 0 Å². The second kappa shape index (κ2) is 4.93. The zero-order valence-corrected chi connectivity index (χ0v) is 10.1. The van der Waals surface area contributed by atoms with E-state index in [2.05, 4.69) is 0 Å². The number of rotatable bonds is 4. The van der Waals surface area contributed by atoms with Gasteiger partial charge in [-0.15, -0.1) is 0 Å². The number of Topliss-reactive ketones (excluding diaryl/α,β-unsaturated/α-hetero) is 1. The topological polar surface area (TPSA) is 43.1 Å². The fourth-order valence-electron chi connectivity index (χ4n) is 1.28. The third kappa shape index (κ3) is 3.91. The number of carbonyl (C=O) groups is 1. The maximum absolute atomic E-state index is 12.9. The van der Waals surface area contributed by atoms with Gasteiger partial charge in [-0.05, 0) is 38.5 Å². The molecule has 0 spiro atoms. The molecule has 0 unspecified atom stereocenters. The monoisotopic (exact) mass is 243 g/mol. The summed E-state index contributed by atoms with van der Waals surface area (Å²) >= 11 is 5.82. The van der Waals surface area contributed by atoms with Crippen molar-refractivity contribution in [1.82, 2.24) is 0 Å². The largest absolute Gasteiger partial charge is 0.326 e. The van der Waals surface area contributed by atoms with Crippen LogP contribution in [0.4, 0.5) is 4.39 Å². The van der Waals surface area contributed by atoms with E-state index in [4.69, 9.17) is 17.3 Å². The molecule has 0 radical (unpaired) electrons. The van der Waals surface area contributed by atoms with E-state index < -0.39 is 11.4 Å². The van der Waals surface area contributed by atoms with Crippen LogP contribution < -0.4 is 5.73 Å². The molecule has 0 saturated heterocycles. The molecule has 0 aliphatic heterocycles. The van der Waals surface area contributed by atoms with Gasteiger partial charge in [0.15, 0.2) is 5.78 Å². The summed E-state index contributed by atoms with van der Waals surface area (Å²) in [7, 11) is 0. The second-order valence-electron chi connectivity index (χ2n) is 4.54. The fourth-order valence-corrected chi connectivity index (χ4v) is 1.50. The Balaban J connectivity index is 2.77. The lowest BCUT2D eigenvalue weighted by Gasteiger charge is -2.17. The molecule has 0 atom stereocenters. The summed E-state index contributed by atoms with van der Waals surface area (Å²) in [5.41, 5.74) is 5.59. The highest BCUT2D eigenvalue weighted by atomic mass is 35.5. The van der Waals surface area contributed by atoms with Crippen molar-refractivity contribution in [3.63, 3.8) is 0 Å². The van der Waals surface area contributed by atoms with Crippen LogP contribution in [0.25, 0.3) is 0 Å². The zero-order valence-electron chi connectivity index (χ0n) is 9.39. The molecule has 2 N–H and O–H groups in total. The van der Waals surface area contributed by atoms with Crippen molar-refractivity contribution in [2.24, 2.45) is 5.73 Å². The Labute approximate surface area is 99.6 Å². The quantitative estimate of drug-likeness (QED) is 0.826. The van der Waals surface area contributed by atoms with Gasteiger partial charge >= 0.3 is 0 Å². The number of ketones is 1. The summed E-state index contributed by atoms with van der Waals surface area (Å²) < 4.78 is 12.9. The number of benzene rings is 1. The van der Waals surface area contributed by atoms with Crippen LogP contribution in [0.5, 0.6) is 0 Å². The summed E-state index contributed by atoms with van der Waals surface area (Å²) in [6.45, 7) is 3.68. The zero-order chi connectivity index (χ0) is 12.3. The van der Waals surface area contributed by atoms with Crippen LogP contribution in [-0.2, 0) is 0 Å². The van der Waals surface area contributed by atoms with E-state index in [9.17, 15) is 9.18 Å². The molecule has 88 valence electrons. The first kappa shape index (κ1) is 13.1. The first-order valence-electron chi connectivity index (χ1n) is 5.07. The smallest absolute Gasteiger partial charge is 0.164 e. The molecule has 2 nitrogen and oxygen atoms in total. The molecule has 1 aromatic carbocycles. The predicted molar refractivity (Wildman–Crippen MR) is 63.2 cm³/mol. The molecule has 0 aliphatic rings. The highest BCUT2D eigenvalue weighted by Crippen LogP contribution is 2.20. The molecule has 1 aromatic rings. The summed E-state index contributed by atoms with van der Waals surface area (Å²) in [5.74, 6) is -0.636. The van der Waals surface area contributed by atoms with Crippen LogP contribution in [0.3, 0.4) is 0 Å². The molecule has 0 heterocycles. The van der Waals surface area contributed by atoms with Crippen LogP contribution in [0, 0.1) is 5.82 Å². The normalized spacial score (nSPS) is 11.6. The van der Waals surface area contributed by atoms with Crippen LogP contribution in [0.1, 0.15) is 37.0 Å². The van der Waals surface area contributed by atoms with Crippen molar-refractivity contribution in [2.45, 2.75) is 32.2 Å². The maximum atomic E-state index is 12.9. The summed E-state index contributed by atoms with van der Waals surface area (Å²) in [4.78, 5) is 11.8. The molecule has 4 heteroatoms. The van der Waals surface area contributed by atoms with Crippen molar-refractivity contribution in [1.29, 1.82) is 0 Å². The number of hydrogen-bond acceptors (Lipinski definition) is 2. The average molecular weight is 244 g/mol. The molecular formula is C12H15ClFNO. The van der Waals surface area contributed by atoms with Gasteiger partial charge in [-0.25, -0.2) is 4.39 Å². The molecular weight excluding hydrogens is 229 g/mol. The number of hydrogen-bond donors (Lipinski definition) is 1. The molecule has 0 saturated carbocycles. The molecule has 0 bridgehead atoms. The van der Waals surface area contributed by atoms with Gasteiger partial charge in [0, 0.05) is 17.5 Å². The first-order valence-corrected chi connectivity index (χ1v) is 5.44. The molecule has 0 aliphatic carbocycles. The molecule has 16 heavy (non-hydrogen) atoms. The third-order valence-corrected chi connectivity index (χ3v) is 2.55. The van der Waals surface area contributed by atoms with Crippen LogP contribution in [-0.4, -0.2) is 11.3 Å². The Kier molecular flexibility index (Phi) is 4.05. The van der Waals surface area contributed by atoms with Gasteiger partial charge in [-0.3, -0.25) is 4.79 Å². The fraction of sp³-hybridized carbons (Fsp3) is 0.417. The molecule has 0 aromatic heterocycles. The van der Waals surface area contributed by atoms with Gasteiger partial charge < -0.3 is 5.73 Å². The minimum atomic E-state index is -0.459. The number of carbonyl (C=O) groups excluding carboxylic acids is 1. The van der Waals surface area contributed by atoms with Gasteiger partial charge in [0.1, 0.15) is 5.82 Å². The molecule has 0 amide bonds. The Morgan fingerprint density at radius 2 is 2.12 bits per heavy atom. The first-order chi connectivity index (χ1) is 7.29. The van der Waals surface area contributed by atoms with Crippen molar-refractivity contribution < 1.29 is 9.18 Å². The SMILES string of the molecule is CC(C)(N)CCC(=O)c1cc(F)ccc1Cl. The van der Waals surface area contributed by atoms with E-state index in [1.165, 1.54) is 12.1 Å². The lowest BCUT2D eigenvalue weighted by Crippen LogP contribution is -2.32. The van der Waals surface area contributed by atoms with Gasteiger partial charge in [-0.2, -0.15) is 0 Å². The highest BCUT2D eigenvalue weighted by Gasteiger charge is 2.16. The summed E-state index contributed by atoms with van der Waals surface area (Å²) in [5, 5.41) is 0.279. The van der Waals surface area contributed by atoms with E-state index in [-0.39, 0.29) is 22.8 Å². The van der Waals surface area contributed by atoms with Crippen molar-refractivity contribution >= 4 is 17.4 Å². The Morgan fingerprint density at radius 3 is 2.69 bits per heavy atom. The third-order valence-electron chi connectivity index (χ3n) is 2.23. The van der Waals surface area contributed by atoms with Crippen molar-refractivity contribution in [3.8, 4) is 0 Å². The minimum absolute atomic E-state index is 0.178. The molecule has 0 fully saturated rings.